The van der Waals surface area contributed by atoms with Crippen LogP contribution in [0.2, 0.25) is 0 Å². The number of rotatable bonds is 8. The molecule has 1 aromatic rings. The fraction of sp³-hybridized carbons (Fsp3) is 0.538. The molecule has 0 bridgehead atoms. The van der Waals surface area contributed by atoms with Crippen molar-refractivity contribution in [3.05, 3.63) is 28.2 Å². The van der Waals surface area contributed by atoms with E-state index in [1.54, 1.807) is 0 Å². The Kier molecular flexibility index (Phi) is 7.27. The minimum Gasteiger partial charge on any atom is -0.491 e. The average Bonchev–Trinajstić information content (AvgIpc) is 2.39. The highest BCUT2D eigenvalue weighted by molar-refractivity contribution is 9.10. The fourth-order valence-corrected chi connectivity index (χ4v) is 1.90. The molecule has 0 aliphatic carbocycles. The van der Waals surface area contributed by atoms with Gasteiger partial charge in [-0.05, 0) is 32.2 Å². The van der Waals surface area contributed by atoms with E-state index in [2.05, 4.69) is 28.2 Å². The van der Waals surface area contributed by atoms with E-state index in [0.29, 0.717) is 19.8 Å². The third-order valence-corrected chi connectivity index (χ3v) is 3.09. The number of aliphatic hydroxyl groups is 1. The molecule has 0 radical (unpaired) electrons. The maximum atomic E-state index is 8.58. The summed E-state index contributed by atoms with van der Waals surface area (Å²) in [7, 11) is 1.92. The van der Waals surface area contributed by atoms with Gasteiger partial charge in [-0.25, -0.2) is 0 Å². The summed E-state index contributed by atoms with van der Waals surface area (Å²) in [5, 5.41) is 11.8. The standard InChI is InChI=1S/C13H20BrNO3/c1-10(15-2)12-9-11(14)3-4-13(12)18-8-7-17-6-5-16/h3-4,9-10,15-16H,5-8H2,1-2H3. The lowest BCUT2D eigenvalue weighted by atomic mass is 10.1. The largest absolute Gasteiger partial charge is 0.491 e. The normalized spacial score (nSPS) is 12.4. The summed E-state index contributed by atoms with van der Waals surface area (Å²) in [4.78, 5) is 0. The molecule has 0 saturated carbocycles. The number of aliphatic hydroxyl groups excluding tert-OH is 1. The lowest BCUT2D eigenvalue weighted by Crippen LogP contribution is -2.15. The monoisotopic (exact) mass is 317 g/mol. The van der Waals surface area contributed by atoms with Crippen molar-refractivity contribution >= 4 is 15.9 Å². The van der Waals surface area contributed by atoms with Crippen molar-refractivity contribution in [2.24, 2.45) is 0 Å². The van der Waals surface area contributed by atoms with Crippen molar-refractivity contribution in [1.82, 2.24) is 5.32 Å². The maximum Gasteiger partial charge on any atom is 0.124 e. The molecule has 2 N–H and O–H groups in total. The van der Waals surface area contributed by atoms with Gasteiger partial charge in [0.1, 0.15) is 12.4 Å². The quantitative estimate of drug-likeness (QED) is 0.721. The molecular formula is C13H20BrNO3. The van der Waals surface area contributed by atoms with Gasteiger partial charge in [0.05, 0.1) is 19.8 Å². The highest BCUT2D eigenvalue weighted by atomic mass is 79.9. The van der Waals surface area contributed by atoms with Crippen LogP contribution in [0.3, 0.4) is 0 Å². The zero-order valence-corrected chi connectivity index (χ0v) is 12.4. The Bertz CT molecular complexity index is 360. The van der Waals surface area contributed by atoms with E-state index in [4.69, 9.17) is 14.6 Å². The van der Waals surface area contributed by atoms with Crippen LogP contribution in [0.5, 0.6) is 5.75 Å². The van der Waals surface area contributed by atoms with Crippen LogP contribution in [0.4, 0.5) is 0 Å². The van der Waals surface area contributed by atoms with Crippen molar-refractivity contribution in [2.75, 3.05) is 33.5 Å². The van der Waals surface area contributed by atoms with Gasteiger partial charge < -0.3 is 19.9 Å². The second-order valence-electron chi connectivity index (χ2n) is 3.88. The van der Waals surface area contributed by atoms with Crippen LogP contribution in [0, 0.1) is 0 Å². The molecule has 0 heterocycles. The Labute approximate surface area is 116 Å². The zero-order chi connectivity index (χ0) is 13.4. The molecule has 1 atom stereocenters. The Morgan fingerprint density at radius 3 is 2.78 bits per heavy atom. The van der Waals surface area contributed by atoms with Crippen molar-refractivity contribution in [1.29, 1.82) is 0 Å². The van der Waals surface area contributed by atoms with Gasteiger partial charge >= 0.3 is 0 Å². The molecule has 5 heteroatoms. The maximum absolute atomic E-state index is 8.58. The van der Waals surface area contributed by atoms with E-state index < -0.39 is 0 Å². The third-order valence-electron chi connectivity index (χ3n) is 2.59. The Morgan fingerprint density at radius 1 is 1.33 bits per heavy atom. The van der Waals surface area contributed by atoms with E-state index in [-0.39, 0.29) is 12.6 Å². The van der Waals surface area contributed by atoms with Gasteiger partial charge in [-0.2, -0.15) is 0 Å². The highest BCUT2D eigenvalue weighted by Gasteiger charge is 2.10. The molecule has 1 aromatic carbocycles. The first-order valence-corrected chi connectivity index (χ1v) is 6.76. The molecule has 102 valence electrons. The Morgan fingerprint density at radius 2 is 2.11 bits per heavy atom. The van der Waals surface area contributed by atoms with Gasteiger partial charge in [-0.3, -0.25) is 0 Å². The fourth-order valence-electron chi connectivity index (χ4n) is 1.52. The first kappa shape index (κ1) is 15.4. The lowest BCUT2D eigenvalue weighted by molar-refractivity contribution is 0.0702. The van der Waals surface area contributed by atoms with E-state index in [9.17, 15) is 0 Å². The summed E-state index contributed by atoms with van der Waals surface area (Å²) in [5.74, 6) is 0.854. The SMILES string of the molecule is CNC(C)c1cc(Br)ccc1OCCOCCO. The van der Waals surface area contributed by atoms with Gasteiger partial charge in [0, 0.05) is 16.1 Å². The van der Waals surface area contributed by atoms with Crippen LogP contribution in [-0.4, -0.2) is 38.6 Å². The molecule has 0 fully saturated rings. The van der Waals surface area contributed by atoms with Crippen LogP contribution in [0.1, 0.15) is 18.5 Å². The van der Waals surface area contributed by atoms with Crippen molar-refractivity contribution in [3.63, 3.8) is 0 Å². The summed E-state index contributed by atoms with van der Waals surface area (Å²) >= 11 is 3.46. The molecular weight excluding hydrogens is 298 g/mol. The predicted octanol–water partition coefficient (Wildman–Crippen LogP) is 2.12. The first-order valence-electron chi connectivity index (χ1n) is 5.97. The van der Waals surface area contributed by atoms with Crippen LogP contribution in [0.25, 0.3) is 0 Å². The first-order chi connectivity index (χ1) is 8.69. The summed E-state index contributed by atoms with van der Waals surface area (Å²) in [5.41, 5.74) is 1.11. The molecule has 1 unspecified atom stereocenters. The zero-order valence-electron chi connectivity index (χ0n) is 10.8. The van der Waals surface area contributed by atoms with E-state index >= 15 is 0 Å². The number of ether oxygens (including phenoxy) is 2. The highest BCUT2D eigenvalue weighted by Crippen LogP contribution is 2.28. The molecule has 0 aliphatic heterocycles. The van der Waals surface area contributed by atoms with E-state index in [0.717, 1.165) is 15.8 Å². The molecule has 0 spiro atoms. The number of nitrogens with one attached hydrogen (secondary N) is 1. The predicted molar refractivity (Wildman–Crippen MR) is 75.0 cm³/mol. The summed E-state index contributed by atoms with van der Waals surface area (Å²) in [6, 6.07) is 6.16. The van der Waals surface area contributed by atoms with Gasteiger partial charge in [0.15, 0.2) is 0 Å². The van der Waals surface area contributed by atoms with Crippen molar-refractivity contribution in [3.8, 4) is 5.75 Å². The number of benzene rings is 1. The van der Waals surface area contributed by atoms with Crippen LogP contribution in [-0.2, 0) is 4.74 Å². The molecule has 0 saturated heterocycles. The summed E-state index contributed by atoms with van der Waals surface area (Å²) < 4.78 is 11.9. The second-order valence-corrected chi connectivity index (χ2v) is 4.79. The van der Waals surface area contributed by atoms with Crippen LogP contribution in [0.15, 0.2) is 22.7 Å². The summed E-state index contributed by atoms with van der Waals surface area (Å²) in [6.45, 7) is 3.43. The van der Waals surface area contributed by atoms with Crippen LogP contribution >= 0.6 is 15.9 Å². The molecule has 18 heavy (non-hydrogen) atoms. The number of hydrogen-bond acceptors (Lipinski definition) is 4. The summed E-state index contributed by atoms with van der Waals surface area (Å²) in [6.07, 6.45) is 0. The third kappa shape index (κ3) is 4.94. The van der Waals surface area contributed by atoms with Gasteiger partial charge in [-0.1, -0.05) is 15.9 Å². The van der Waals surface area contributed by atoms with Crippen LogP contribution < -0.4 is 10.1 Å². The Balaban J connectivity index is 2.58. The second kappa shape index (κ2) is 8.48. The van der Waals surface area contributed by atoms with Crippen molar-refractivity contribution < 1.29 is 14.6 Å². The molecule has 0 aliphatic rings. The van der Waals surface area contributed by atoms with Crippen molar-refractivity contribution in [2.45, 2.75) is 13.0 Å². The smallest absolute Gasteiger partial charge is 0.124 e. The molecule has 1 rings (SSSR count). The van der Waals surface area contributed by atoms with Gasteiger partial charge in [0.25, 0.3) is 0 Å². The topological polar surface area (TPSA) is 50.7 Å². The van der Waals surface area contributed by atoms with Gasteiger partial charge in [0.2, 0.25) is 0 Å². The molecule has 4 nitrogen and oxygen atoms in total. The minimum atomic E-state index is 0.0420. The minimum absolute atomic E-state index is 0.0420. The Hall–Kier alpha value is -0.620. The van der Waals surface area contributed by atoms with Gasteiger partial charge in [-0.15, -0.1) is 0 Å². The average molecular weight is 318 g/mol. The van der Waals surface area contributed by atoms with E-state index in [1.807, 2.05) is 25.2 Å². The molecule has 0 amide bonds. The molecule has 0 aromatic heterocycles. The lowest BCUT2D eigenvalue weighted by Gasteiger charge is -2.17. The number of hydrogen-bond donors (Lipinski definition) is 2. The van der Waals surface area contributed by atoms with E-state index in [1.165, 1.54) is 0 Å². The number of halogens is 1.